The number of amides is 1. The van der Waals surface area contributed by atoms with Gasteiger partial charge in [-0.3, -0.25) is 14.5 Å². The Morgan fingerprint density at radius 1 is 1.15 bits per heavy atom. The number of hydrogen-bond acceptors (Lipinski definition) is 3. The Bertz CT molecular complexity index is 347. The molecule has 1 amide bonds. The van der Waals surface area contributed by atoms with Crippen LogP contribution < -0.4 is 5.32 Å². The predicted molar refractivity (Wildman–Crippen MR) is 76.5 cm³/mol. The Balaban J connectivity index is 1.94. The zero-order chi connectivity index (χ0) is 14.5. The zero-order valence-corrected chi connectivity index (χ0v) is 12.3. The third kappa shape index (κ3) is 3.95. The lowest BCUT2D eigenvalue weighted by molar-refractivity contribution is -0.141. The van der Waals surface area contributed by atoms with Gasteiger partial charge in [-0.25, -0.2) is 0 Å². The number of carbonyl (C=O) groups is 2. The van der Waals surface area contributed by atoms with Crippen LogP contribution in [-0.2, 0) is 9.59 Å². The maximum absolute atomic E-state index is 12.3. The highest BCUT2D eigenvalue weighted by atomic mass is 16.4. The molecule has 2 aliphatic carbocycles. The Hall–Kier alpha value is -1.10. The lowest BCUT2D eigenvalue weighted by Gasteiger charge is -2.32. The number of nitrogens with zero attached hydrogens (tertiary/aromatic N) is 1. The van der Waals surface area contributed by atoms with Crippen LogP contribution in [0.2, 0.25) is 0 Å². The average Bonchev–Trinajstić information content (AvgIpc) is 3.07. The Labute approximate surface area is 120 Å². The van der Waals surface area contributed by atoms with Crippen LogP contribution in [0.4, 0.5) is 0 Å². The molecular weight excluding hydrogens is 256 g/mol. The fraction of sp³-hybridized carbons (Fsp3) is 0.867. The molecule has 2 rings (SSSR count). The van der Waals surface area contributed by atoms with Gasteiger partial charge < -0.3 is 10.4 Å². The summed E-state index contributed by atoms with van der Waals surface area (Å²) in [5, 5.41) is 12.2. The average molecular weight is 282 g/mol. The van der Waals surface area contributed by atoms with Crippen LogP contribution in [0.15, 0.2) is 0 Å². The van der Waals surface area contributed by atoms with Crippen molar-refractivity contribution in [3.8, 4) is 0 Å². The number of carboxylic acids is 1. The maximum atomic E-state index is 12.3. The molecule has 0 heterocycles. The van der Waals surface area contributed by atoms with Crippen molar-refractivity contribution in [3.05, 3.63) is 0 Å². The molecule has 5 heteroatoms. The topological polar surface area (TPSA) is 69.6 Å². The molecule has 0 saturated heterocycles. The van der Waals surface area contributed by atoms with Crippen LogP contribution in [0.25, 0.3) is 0 Å². The summed E-state index contributed by atoms with van der Waals surface area (Å²) < 4.78 is 0. The number of carboxylic acid groups (broad SMARTS) is 1. The van der Waals surface area contributed by atoms with E-state index < -0.39 is 5.97 Å². The van der Waals surface area contributed by atoms with Crippen molar-refractivity contribution in [3.63, 3.8) is 0 Å². The number of nitrogens with one attached hydrogen (secondary N) is 1. The molecule has 1 unspecified atom stereocenters. The molecular formula is C15H26N2O3. The van der Waals surface area contributed by atoms with Gasteiger partial charge in [-0.15, -0.1) is 0 Å². The van der Waals surface area contributed by atoms with Gasteiger partial charge in [0.1, 0.15) is 0 Å². The lowest BCUT2D eigenvalue weighted by Crippen LogP contribution is -2.52. The van der Waals surface area contributed by atoms with Gasteiger partial charge in [0.2, 0.25) is 5.91 Å². The van der Waals surface area contributed by atoms with Gasteiger partial charge >= 0.3 is 5.97 Å². The van der Waals surface area contributed by atoms with E-state index in [9.17, 15) is 9.59 Å². The molecule has 0 spiro atoms. The van der Waals surface area contributed by atoms with Crippen molar-refractivity contribution in [1.29, 1.82) is 0 Å². The minimum Gasteiger partial charge on any atom is -0.480 e. The van der Waals surface area contributed by atoms with Crippen LogP contribution in [0.5, 0.6) is 0 Å². The van der Waals surface area contributed by atoms with Crippen molar-refractivity contribution < 1.29 is 14.7 Å². The van der Waals surface area contributed by atoms with E-state index in [1.54, 1.807) is 0 Å². The molecule has 2 fully saturated rings. The number of aliphatic carboxylic acids is 1. The van der Waals surface area contributed by atoms with Crippen LogP contribution in [-0.4, -0.2) is 46.6 Å². The van der Waals surface area contributed by atoms with Crippen LogP contribution >= 0.6 is 0 Å². The summed E-state index contributed by atoms with van der Waals surface area (Å²) in [6.45, 7) is 1.80. The van der Waals surface area contributed by atoms with Crippen molar-refractivity contribution in [1.82, 2.24) is 10.2 Å². The molecule has 114 valence electrons. The van der Waals surface area contributed by atoms with E-state index >= 15 is 0 Å². The van der Waals surface area contributed by atoms with E-state index in [0.29, 0.717) is 6.04 Å². The quantitative estimate of drug-likeness (QED) is 0.779. The first-order chi connectivity index (χ1) is 9.58. The fourth-order valence-electron chi connectivity index (χ4n) is 3.52. The minimum absolute atomic E-state index is 0.00921. The zero-order valence-electron chi connectivity index (χ0n) is 12.3. The van der Waals surface area contributed by atoms with Crippen LogP contribution in [0, 0.1) is 0 Å². The molecule has 0 aromatic rings. The summed E-state index contributed by atoms with van der Waals surface area (Å²) in [7, 11) is 0. The number of rotatable bonds is 6. The van der Waals surface area contributed by atoms with Gasteiger partial charge in [-0.1, -0.05) is 25.7 Å². The molecule has 0 aromatic carbocycles. The van der Waals surface area contributed by atoms with Crippen molar-refractivity contribution in [2.24, 2.45) is 0 Å². The van der Waals surface area contributed by atoms with Crippen molar-refractivity contribution in [2.75, 3.05) is 6.54 Å². The molecule has 0 radical (unpaired) electrons. The molecule has 2 saturated carbocycles. The Morgan fingerprint density at radius 2 is 1.70 bits per heavy atom. The predicted octanol–water partition coefficient (Wildman–Crippen LogP) is 1.76. The monoisotopic (exact) mass is 282 g/mol. The van der Waals surface area contributed by atoms with Crippen molar-refractivity contribution in [2.45, 2.75) is 76.4 Å². The molecule has 2 aliphatic rings. The van der Waals surface area contributed by atoms with E-state index in [2.05, 4.69) is 5.32 Å². The molecule has 5 nitrogen and oxygen atoms in total. The highest BCUT2D eigenvalue weighted by Crippen LogP contribution is 2.25. The maximum Gasteiger partial charge on any atom is 0.317 e. The van der Waals surface area contributed by atoms with Gasteiger partial charge in [0.05, 0.1) is 12.6 Å². The molecule has 0 aliphatic heterocycles. The van der Waals surface area contributed by atoms with E-state index in [0.717, 1.165) is 38.5 Å². The molecule has 0 bridgehead atoms. The third-order valence-corrected chi connectivity index (χ3v) is 4.69. The van der Waals surface area contributed by atoms with Gasteiger partial charge in [0, 0.05) is 12.1 Å². The van der Waals surface area contributed by atoms with Crippen LogP contribution in [0.3, 0.4) is 0 Å². The summed E-state index contributed by atoms with van der Waals surface area (Å²) in [6.07, 6.45) is 8.77. The first kappa shape index (κ1) is 15.3. The standard InChI is InChI=1S/C15H26N2O3/c1-11(15(20)16-12-6-2-3-7-12)17(10-14(18)19)13-8-4-5-9-13/h11-13H,2-10H2,1H3,(H,16,20)(H,18,19). The molecule has 20 heavy (non-hydrogen) atoms. The normalized spacial score (nSPS) is 22.3. The fourth-order valence-corrected chi connectivity index (χ4v) is 3.52. The molecule has 0 aromatic heterocycles. The van der Waals surface area contributed by atoms with E-state index in [-0.39, 0.29) is 24.5 Å². The second kappa shape index (κ2) is 7.07. The smallest absolute Gasteiger partial charge is 0.317 e. The Kier molecular flexibility index (Phi) is 5.40. The second-order valence-corrected chi connectivity index (χ2v) is 6.17. The first-order valence-electron chi connectivity index (χ1n) is 7.86. The van der Waals surface area contributed by atoms with Gasteiger partial charge in [-0.05, 0) is 32.6 Å². The van der Waals surface area contributed by atoms with Crippen LogP contribution in [0.1, 0.15) is 58.3 Å². The third-order valence-electron chi connectivity index (χ3n) is 4.69. The van der Waals surface area contributed by atoms with Gasteiger partial charge in [0.25, 0.3) is 0 Å². The highest BCUT2D eigenvalue weighted by molar-refractivity contribution is 5.82. The summed E-state index contributed by atoms with van der Waals surface area (Å²) in [6, 6.07) is 0.186. The Morgan fingerprint density at radius 3 is 2.25 bits per heavy atom. The molecule has 2 N–H and O–H groups in total. The van der Waals surface area contributed by atoms with Crippen molar-refractivity contribution >= 4 is 11.9 Å². The lowest BCUT2D eigenvalue weighted by atomic mass is 10.1. The number of hydrogen-bond donors (Lipinski definition) is 2. The van der Waals surface area contributed by atoms with Gasteiger partial charge in [0.15, 0.2) is 0 Å². The highest BCUT2D eigenvalue weighted by Gasteiger charge is 2.32. The second-order valence-electron chi connectivity index (χ2n) is 6.17. The van der Waals surface area contributed by atoms with Gasteiger partial charge in [-0.2, -0.15) is 0 Å². The van der Waals surface area contributed by atoms with E-state index in [1.807, 2.05) is 11.8 Å². The number of carbonyl (C=O) groups excluding carboxylic acids is 1. The largest absolute Gasteiger partial charge is 0.480 e. The first-order valence-corrected chi connectivity index (χ1v) is 7.86. The SMILES string of the molecule is CC(C(=O)NC1CCCC1)N(CC(=O)O)C1CCCC1. The molecule has 1 atom stereocenters. The van der Waals surface area contributed by atoms with E-state index in [4.69, 9.17) is 5.11 Å². The van der Waals surface area contributed by atoms with E-state index in [1.165, 1.54) is 12.8 Å². The summed E-state index contributed by atoms with van der Waals surface area (Å²) in [5.41, 5.74) is 0. The summed E-state index contributed by atoms with van der Waals surface area (Å²) >= 11 is 0. The summed E-state index contributed by atoms with van der Waals surface area (Å²) in [5.74, 6) is -0.859. The summed E-state index contributed by atoms with van der Waals surface area (Å²) in [4.78, 5) is 25.3. The minimum atomic E-state index is -0.850.